The van der Waals surface area contributed by atoms with E-state index in [0.717, 1.165) is 11.4 Å². The van der Waals surface area contributed by atoms with Crippen LogP contribution >= 0.6 is 0 Å². The predicted molar refractivity (Wildman–Crippen MR) is 234 cm³/mol. The zero-order valence-corrected chi connectivity index (χ0v) is 31.6. The molecule has 0 radical (unpaired) electrons. The maximum absolute atomic E-state index is 5.39. The molecule has 0 atom stereocenters. The molecule has 0 spiro atoms. The molecule has 4 heterocycles. The van der Waals surface area contributed by atoms with Crippen LogP contribution in [-0.2, 0) is 0 Å². The highest BCUT2D eigenvalue weighted by Crippen LogP contribution is 2.45. The average Bonchev–Trinajstić information content (AvgIpc) is 3.15. The van der Waals surface area contributed by atoms with Gasteiger partial charge < -0.3 is 0 Å². The summed E-state index contributed by atoms with van der Waals surface area (Å²) in [7, 11) is 0. The Hall–Kier alpha value is -5.73. The van der Waals surface area contributed by atoms with Crippen molar-refractivity contribution in [2.24, 2.45) is 9.98 Å². The van der Waals surface area contributed by atoms with Crippen molar-refractivity contribution in [3.05, 3.63) is 144 Å². The zero-order chi connectivity index (χ0) is 36.4. The van der Waals surface area contributed by atoms with Crippen LogP contribution in [0.3, 0.4) is 0 Å². The Kier molecular flexibility index (Phi) is 5.72. The Morgan fingerprint density at radius 1 is 0.352 bits per heavy atom. The highest BCUT2D eigenvalue weighted by Gasteiger charge is 2.43. The van der Waals surface area contributed by atoms with Gasteiger partial charge in [-0.2, -0.15) is 0 Å². The Balaban J connectivity index is 1.21. The molecule has 8 aromatic rings. The van der Waals surface area contributed by atoms with Crippen molar-refractivity contribution in [2.75, 3.05) is 0 Å². The molecule has 8 aromatic carbocycles. The number of hydrogen-bond donors (Lipinski definition) is 0. The first-order chi connectivity index (χ1) is 26.1. The van der Waals surface area contributed by atoms with Crippen molar-refractivity contribution in [1.82, 2.24) is 0 Å². The summed E-state index contributed by atoms with van der Waals surface area (Å²) in [6.07, 6.45) is 0. The first kappa shape index (κ1) is 30.7. The van der Waals surface area contributed by atoms with Crippen LogP contribution in [0.25, 0.3) is 54.6 Å². The van der Waals surface area contributed by atoms with Crippen molar-refractivity contribution >= 4 is 89.9 Å². The zero-order valence-electron chi connectivity index (χ0n) is 31.6. The highest BCUT2D eigenvalue weighted by atomic mass is 14.8. The van der Waals surface area contributed by atoms with Crippen LogP contribution in [-0.4, -0.2) is 35.9 Å². The molecule has 0 saturated carbocycles. The minimum absolute atomic E-state index is 0.133. The molecular formula is C50H38B2N2. The molecule has 0 amide bonds. The second-order valence-electron chi connectivity index (χ2n) is 17.9. The van der Waals surface area contributed by atoms with E-state index in [4.69, 9.17) is 9.98 Å². The molecule has 4 aliphatic rings. The molecule has 12 rings (SSSR count). The van der Waals surface area contributed by atoms with Gasteiger partial charge in [0.05, 0.1) is 22.5 Å². The van der Waals surface area contributed by atoms with E-state index < -0.39 is 0 Å². The van der Waals surface area contributed by atoms with Crippen LogP contribution in [0.2, 0.25) is 0 Å². The molecule has 0 bridgehead atoms. The van der Waals surface area contributed by atoms with Crippen LogP contribution in [0.1, 0.15) is 63.8 Å². The minimum atomic E-state index is -0.199. The summed E-state index contributed by atoms with van der Waals surface area (Å²) >= 11 is 0. The molecule has 0 unspecified atom stereocenters. The van der Waals surface area contributed by atoms with Gasteiger partial charge in [-0.1, -0.05) is 154 Å². The second-order valence-corrected chi connectivity index (χ2v) is 17.9. The topological polar surface area (TPSA) is 24.7 Å². The summed E-state index contributed by atoms with van der Waals surface area (Å²) < 4.78 is 0. The molecule has 0 aromatic heterocycles. The number of rotatable bonds is 0. The van der Waals surface area contributed by atoms with Gasteiger partial charge in [0.1, 0.15) is 0 Å². The van der Waals surface area contributed by atoms with E-state index >= 15 is 0 Å². The standard InChI is InChI=1S/C50H38B2N2/c1-49(2,3)53-47-33-13-7-9-19-37(33)51-39-25-27-22-24-30-32-16-12-18-36-46(32)52(38-20-10-8-14-34(38)48(36)54-50(4,5)6)40-26-28-21-23-29(31-15-11-17-35(47)45(31)51)43(39)41(28)42(27)44(30)40/h7-26H,1-6H3. The lowest BCUT2D eigenvalue weighted by molar-refractivity contribution is 0.584. The van der Waals surface area contributed by atoms with Crippen LogP contribution in [0, 0.1) is 0 Å². The Bertz CT molecular complexity index is 2870. The highest BCUT2D eigenvalue weighted by molar-refractivity contribution is 7.02. The van der Waals surface area contributed by atoms with Crippen molar-refractivity contribution in [3.63, 3.8) is 0 Å². The fourth-order valence-electron chi connectivity index (χ4n) is 10.7. The van der Waals surface area contributed by atoms with Crippen LogP contribution < -0.4 is 32.8 Å². The number of benzene rings is 8. The predicted octanol–water partition coefficient (Wildman–Crippen LogP) is 7.48. The smallest absolute Gasteiger partial charge is 0.244 e. The van der Waals surface area contributed by atoms with Crippen molar-refractivity contribution in [3.8, 4) is 22.3 Å². The lowest BCUT2D eigenvalue weighted by Gasteiger charge is -2.37. The molecule has 2 nitrogen and oxygen atoms in total. The SMILES string of the molecule is CC(C)(C)N=C1c2ccccc2B2c3c1cccc3-c1ccc3cc4c5c(ccc6cc2c1c3c65)-c1cccc2c1B4c1ccccc1C2=NC(C)(C)C. The lowest BCUT2D eigenvalue weighted by Crippen LogP contribution is -2.61. The maximum atomic E-state index is 5.39. The molecule has 0 aliphatic carbocycles. The average molecular weight is 688 g/mol. The summed E-state index contributed by atoms with van der Waals surface area (Å²) in [6.45, 7) is 13.5. The maximum Gasteiger partial charge on any atom is 0.244 e. The first-order valence-electron chi connectivity index (χ1n) is 19.5. The third-order valence-corrected chi connectivity index (χ3v) is 12.4. The van der Waals surface area contributed by atoms with E-state index in [2.05, 4.69) is 163 Å². The largest absolute Gasteiger partial charge is 0.278 e. The minimum Gasteiger partial charge on any atom is -0.278 e. The molecule has 54 heavy (non-hydrogen) atoms. The third kappa shape index (κ3) is 3.88. The van der Waals surface area contributed by atoms with Crippen LogP contribution in [0.4, 0.5) is 0 Å². The van der Waals surface area contributed by atoms with Crippen molar-refractivity contribution < 1.29 is 0 Å². The van der Waals surface area contributed by atoms with E-state index in [1.165, 1.54) is 110 Å². The lowest BCUT2D eigenvalue weighted by atomic mass is 9.30. The van der Waals surface area contributed by atoms with Gasteiger partial charge in [-0.3, -0.25) is 9.98 Å². The number of nitrogens with zero attached hydrogens (tertiary/aromatic N) is 2. The van der Waals surface area contributed by atoms with Gasteiger partial charge in [-0.15, -0.1) is 0 Å². The first-order valence-corrected chi connectivity index (χ1v) is 19.5. The van der Waals surface area contributed by atoms with Gasteiger partial charge in [0.2, 0.25) is 13.4 Å². The summed E-state index contributed by atoms with van der Waals surface area (Å²) in [5, 5.41) is 8.28. The van der Waals surface area contributed by atoms with Gasteiger partial charge in [0, 0.05) is 0 Å². The van der Waals surface area contributed by atoms with E-state index in [9.17, 15) is 0 Å². The van der Waals surface area contributed by atoms with Gasteiger partial charge in [0.25, 0.3) is 0 Å². The van der Waals surface area contributed by atoms with Crippen LogP contribution in [0.5, 0.6) is 0 Å². The van der Waals surface area contributed by atoms with Gasteiger partial charge in [-0.25, -0.2) is 0 Å². The van der Waals surface area contributed by atoms with E-state index in [1.807, 2.05) is 0 Å². The number of fused-ring (bicyclic) bond motifs is 8. The van der Waals surface area contributed by atoms with E-state index in [0.29, 0.717) is 0 Å². The summed E-state index contributed by atoms with van der Waals surface area (Å²) in [5.74, 6) is 0. The molecule has 4 aliphatic heterocycles. The van der Waals surface area contributed by atoms with Gasteiger partial charge in [0.15, 0.2) is 0 Å². The molecule has 0 fully saturated rings. The molecule has 4 heteroatoms. The quantitative estimate of drug-likeness (QED) is 0.117. The van der Waals surface area contributed by atoms with Crippen LogP contribution in [0.15, 0.2) is 131 Å². The van der Waals surface area contributed by atoms with Gasteiger partial charge in [-0.05, 0) is 118 Å². The van der Waals surface area contributed by atoms with Crippen molar-refractivity contribution in [2.45, 2.75) is 52.6 Å². The number of hydrogen-bond acceptors (Lipinski definition) is 2. The molecular weight excluding hydrogens is 650 g/mol. The Labute approximate surface area is 317 Å². The van der Waals surface area contributed by atoms with Gasteiger partial charge >= 0.3 is 0 Å². The fourth-order valence-corrected chi connectivity index (χ4v) is 10.7. The summed E-state index contributed by atoms with van der Waals surface area (Å²) in [5.41, 5.74) is 20.6. The van der Waals surface area contributed by atoms with E-state index in [1.54, 1.807) is 0 Å². The molecule has 0 saturated heterocycles. The Morgan fingerprint density at radius 2 is 0.741 bits per heavy atom. The summed E-state index contributed by atoms with van der Waals surface area (Å²) in [6, 6.07) is 46.7. The molecule has 0 N–H and O–H groups in total. The number of aliphatic imine (C=N–C) groups is 2. The second kappa shape index (κ2) is 10.1. The fraction of sp³-hybridized carbons (Fsp3) is 0.160. The normalized spacial score (nSPS) is 16.3. The summed E-state index contributed by atoms with van der Waals surface area (Å²) in [4.78, 5) is 10.8. The van der Waals surface area contributed by atoms with Crippen molar-refractivity contribution in [1.29, 1.82) is 0 Å². The molecule has 254 valence electrons. The monoisotopic (exact) mass is 688 g/mol. The Morgan fingerprint density at radius 3 is 1.17 bits per heavy atom. The third-order valence-electron chi connectivity index (χ3n) is 12.4. The van der Waals surface area contributed by atoms with E-state index in [-0.39, 0.29) is 24.5 Å².